The van der Waals surface area contributed by atoms with Crippen LogP contribution in [0.2, 0.25) is 0 Å². The number of benzene rings is 3. The molecule has 1 aliphatic carbocycles. The summed E-state index contributed by atoms with van der Waals surface area (Å²) >= 11 is 1.76. The number of ketones is 1. The zero-order valence-electron chi connectivity index (χ0n) is 17.4. The van der Waals surface area contributed by atoms with Gasteiger partial charge in [-0.3, -0.25) is 4.79 Å². The van der Waals surface area contributed by atoms with Gasteiger partial charge in [-0.15, -0.1) is 0 Å². The Labute approximate surface area is 177 Å². The maximum atomic E-state index is 12.4. The fourth-order valence-electron chi connectivity index (χ4n) is 4.10. The van der Waals surface area contributed by atoms with Gasteiger partial charge in [-0.2, -0.15) is 0 Å². The molecule has 4 rings (SSSR count). The Hall–Kier alpha value is -2.52. The summed E-state index contributed by atoms with van der Waals surface area (Å²) in [4.78, 5) is 14.8. The van der Waals surface area contributed by atoms with E-state index in [1.54, 1.807) is 18.9 Å². The van der Waals surface area contributed by atoms with Crippen molar-refractivity contribution in [1.82, 2.24) is 0 Å². The SMILES string of the molecule is CCCC(=O)c1ccc2c(c1)C(C)(C)c1cc(Sc3ccc(OC)cc3)ccc1-2. The molecule has 148 valence electrons. The average molecular weight is 403 g/mol. The van der Waals surface area contributed by atoms with Crippen LogP contribution in [0, 0.1) is 0 Å². The highest BCUT2D eigenvalue weighted by atomic mass is 32.2. The standard InChI is InChI=1S/C26H26O2S/c1-5-6-25(27)17-7-13-21-22-14-12-20(16-24(22)26(2,3)23(21)15-17)29-19-10-8-18(28-4)9-11-19/h7-16H,5-6H2,1-4H3. The molecule has 3 aromatic carbocycles. The third kappa shape index (κ3) is 3.60. The largest absolute Gasteiger partial charge is 0.497 e. The number of ether oxygens (including phenoxy) is 1. The van der Waals surface area contributed by atoms with Crippen molar-refractivity contribution in [2.75, 3.05) is 7.11 Å². The Bertz CT molecular complexity index is 1060. The van der Waals surface area contributed by atoms with Gasteiger partial charge in [0, 0.05) is 27.2 Å². The van der Waals surface area contributed by atoms with Crippen LogP contribution in [0.3, 0.4) is 0 Å². The van der Waals surface area contributed by atoms with Crippen LogP contribution in [0.4, 0.5) is 0 Å². The van der Waals surface area contributed by atoms with E-state index in [-0.39, 0.29) is 11.2 Å². The van der Waals surface area contributed by atoms with Crippen LogP contribution in [0.15, 0.2) is 70.5 Å². The lowest BCUT2D eigenvalue weighted by molar-refractivity contribution is 0.0981. The zero-order chi connectivity index (χ0) is 20.6. The Morgan fingerprint density at radius 1 is 0.897 bits per heavy atom. The van der Waals surface area contributed by atoms with Gasteiger partial charge in [0.1, 0.15) is 5.75 Å². The number of carbonyl (C=O) groups excluding carboxylic acids is 1. The molecule has 0 radical (unpaired) electrons. The highest BCUT2D eigenvalue weighted by Gasteiger charge is 2.36. The van der Waals surface area contributed by atoms with Crippen LogP contribution in [0.1, 0.15) is 55.1 Å². The lowest BCUT2D eigenvalue weighted by Crippen LogP contribution is -2.15. The molecule has 2 nitrogen and oxygen atoms in total. The molecule has 0 unspecified atom stereocenters. The fourth-order valence-corrected chi connectivity index (χ4v) is 4.96. The molecule has 0 amide bonds. The molecule has 0 saturated heterocycles. The zero-order valence-corrected chi connectivity index (χ0v) is 18.2. The van der Waals surface area contributed by atoms with Crippen molar-refractivity contribution in [3.05, 3.63) is 77.4 Å². The molecule has 0 spiro atoms. The minimum atomic E-state index is -0.121. The van der Waals surface area contributed by atoms with E-state index in [1.807, 2.05) is 25.1 Å². The average Bonchev–Trinajstić information content (AvgIpc) is 2.95. The van der Waals surface area contributed by atoms with E-state index >= 15 is 0 Å². The van der Waals surface area contributed by atoms with E-state index < -0.39 is 0 Å². The van der Waals surface area contributed by atoms with E-state index in [9.17, 15) is 4.79 Å². The summed E-state index contributed by atoms with van der Waals surface area (Å²) in [6.45, 7) is 6.56. The molecular formula is C26H26O2S. The van der Waals surface area contributed by atoms with Crippen LogP contribution >= 0.6 is 11.8 Å². The third-order valence-corrected chi connectivity index (χ3v) is 6.74. The van der Waals surface area contributed by atoms with Crippen molar-refractivity contribution in [1.29, 1.82) is 0 Å². The van der Waals surface area contributed by atoms with Crippen molar-refractivity contribution in [2.24, 2.45) is 0 Å². The Balaban J connectivity index is 1.67. The fraction of sp³-hybridized carbons (Fsp3) is 0.269. The number of carbonyl (C=O) groups is 1. The number of Topliss-reactive ketones (excluding diaryl/α,β-unsaturated/α-hetero) is 1. The lowest BCUT2D eigenvalue weighted by Gasteiger charge is -2.22. The smallest absolute Gasteiger partial charge is 0.162 e. The van der Waals surface area contributed by atoms with Gasteiger partial charge in [0.2, 0.25) is 0 Å². The maximum absolute atomic E-state index is 12.4. The summed E-state index contributed by atoms with van der Waals surface area (Å²) < 4.78 is 5.25. The van der Waals surface area contributed by atoms with Gasteiger partial charge in [0.25, 0.3) is 0 Å². The molecule has 0 atom stereocenters. The van der Waals surface area contributed by atoms with Crippen molar-refractivity contribution < 1.29 is 9.53 Å². The maximum Gasteiger partial charge on any atom is 0.162 e. The molecular weight excluding hydrogens is 376 g/mol. The molecule has 0 fully saturated rings. The van der Waals surface area contributed by atoms with Gasteiger partial charge < -0.3 is 4.74 Å². The Morgan fingerprint density at radius 2 is 1.52 bits per heavy atom. The van der Waals surface area contributed by atoms with E-state index in [1.165, 1.54) is 32.0 Å². The monoisotopic (exact) mass is 402 g/mol. The quantitative estimate of drug-likeness (QED) is 0.410. The molecule has 3 heteroatoms. The number of rotatable bonds is 6. The van der Waals surface area contributed by atoms with Gasteiger partial charge in [-0.25, -0.2) is 0 Å². The van der Waals surface area contributed by atoms with Crippen molar-refractivity contribution in [3.63, 3.8) is 0 Å². The molecule has 0 aromatic heterocycles. The molecule has 0 bridgehead atoms. The molecule has 3 aromatic rings. The first-order valence-electron chi connectivity index (χ1n) is 10.1. The summed E-state index contributed by atoms with van der Waals surface area (Å²) in [5, 5.41) is 0. The highest BCUT2D eigenvalue weighted by Crippen LogP contribution is 2.50. The van der Waals surface area contributed by atoms with E-state index in [2.05, 4.69) is 56.3 Å². The lowest BCUT2D eigenvalue weighted by atomic mass is 9.81. The van der Waals surface area contributed by atoms with Crippen LogP contribution in [0.25, 0.3) is 11.1 Å². The van der Waals surface area contributed by atoms with Crippen molar-refractivity contribution >= 4 is 17.5 Å². The highest BCUT2D eigenvalue weighted by molar-refractivity contribution is 7.99. The summed E-state index contributed by atoms with van der Waals surface area (Å²) in [7, 11) is 1.68. The first-order chi connectivity index (χ1) is 13.9. The number of fused-ring (bicyclic) bond motifs is 3. The molecule has 29 heavy (non-hydrogen) atoms. The van der Waals surface area contributed by atoms with Crippen LogP contribution in [0.5, 0.6) is 5.75 Å². The molecule has 0 heterocycles. The van der Waals surface area contributed by atoms with E-state index in [4.69, 9.17) is 4.74 Å². The molecule has 0 N–H and O–H groups in total. The minimum absolute atomic E-state index is 0.121. The Morgan fingerprint density at radius 3 is 2.17 bits per heavy atom. The summed E-state index contributed by atoms with van der Waals surface area (Å²) in [5.41, 5.74) is 5.81. The Kier molecular flexibility index (Phi) is 5.26. The normalized spacial score (nSPS) is 13.7. The predicted molar refractivity (Wildman–Crippen MR) is 120 cm³/mol. The second-order valence-electron chi connectivity index (χ2n) is 8.04. The number of hydrogen-bond donors (Lipinski definition) is 0. The number of hydrogen-bond acceptors (Lipinski definition) is 3. The summed E-state index contributed by atoms with van der Waals surface area (Å²) in [6.07, 6.45) is 1.49. The van der Waals surface area contributed by atoms with E-state index in [0.717, 1.165) is 17.7 Å². The van der Waals surface area contributed by atoms with Crippen LogP contribution in [-0.2, 0) is 5.41 Å². The second kappa shape index (κ2) is 7.72. The van der Waals surface area contributed by atoms with Crippen molar-refractivity contribution in [3.8, 4) is 16.9 Å². The summed E-state index contributed by atoms with van der Waals surface area (Å²) in [6, 6.07) is 21.1. The topological polar surface area (TPSA) is 26.3 Å². The van der Waals surface area contributed by atoms with Crippen LogP contribution < -0.4 is 4.74 Å². The first-order valence-corrected chi connectivity index (χ1v) is 10.9. The van der Waals surface area contributed by atoms with Gasteiger partial charge in [0.15, 0.2) is 5.78 Å². The van der Waals surface area contributed by atoms with Gasteiger partial charge >= 0.3 is 0 Å². The van der Waals surface area contributed by atoms with Crippen molar-refractivity contribution in [2.45, 2.75) is 48.8 Å². The third-order valence-electron chi connectivity index (χ3n) is 5.74. The van der Waals surface area contributed by atoms with Gasteiger partial charge in [-0.05, 0) is 71.1 Å². The second-order valence-corrected chi connectivity index (χ2v) is 9.19. The molecule has 0 aliphatic heterocycles. The molecule has 0 saturated carbocycles. The van der Waals surface area contributed by atoms with Gasteiger partial charge in [0.05, 0.1) is 7.11 Å². The summed E-state index contributed by atoms with van der Waals surface area (Å²) in [5.74, 6) is 1.10. The van der Waals surface area contributed by atoms with Gasteiger partial charge in [-0.1, -0.05) is 50.7 Å². The number of methoxy groups -OCH3 is 1. The van der Waals surface area contributed by atoms with E-state index in [0.29, 0.717) is 6.42 Å². The predicted octanol–water partition coefficient (Wildman–Crippen LogP) is 7.14. The first kappa shape index (κ1) is 19.8. The minimum Gasteiger partial charge on any atom is -0.497 e. The molecule has 1 aliphatic rings. The van der Waals surface area contributed by atoms with Crippen LogP contribution in [-0.4, -0.2) is 12.9 Å².